The molecule has 0 radical (unpaired) electrons. The van der Waals surface area contributed by atoms with Crippen LogP contribution in [-0.2, 0) is 0 Å². The molecule has 0 amide bonds. The van der Waals surface area contributed by atoms with Crippen molar-refractivity contribution in [3.05, 3.63) is 0 Å². The van der Waals surface area contributed by atoms with Gasteiger partial charge in [-0.3, -0.25) is 9.89 Å². The molecule has 0 bridgehead atoms. The van der Waals surface area contributed by atoms with Crippen molar-refractivity contribution < 1.29 is 0 Å². The Morgan fingerprint density at radius 2 is 1.70 bits per heavy atom. The van der Waals surface area contributed by atoms with E-state index in [4.69, 9.17) is 0 Å². The summed E-state index contributed by atoms with van der Waals surface area (Å²) in [6.45, 7) is 9.66. The average molecular weight is 435 g/mol. The van der Waals surface area contributed by atoms with Crippen molar-refractivity contribution in [1.82, 2.24) is 20.0 Å². The summed E-state index contributed by atoms with van der Waals surface area (Å²) in [6.07, 6.45) is 8.24. The predicted molar refractivity (Wildman–Crippen MR) is 108 cm³/mol. The standard InChI is InChI=1S/C17H33N5.HI/c1-18-17(19-8-14-20-9-5-6-10-20)22-13-7-16(15-22)21-11-3-2-4-12-21;/h16H,2-15H2,1H3,(H,18,19);1H. The second kappa shape index (κ2) is 10.0. The number of likely N-dealkylation sites (tertiary alicyclic amines) is 3. The van der Waals surface area contributed by atoms with Gasteiger partial charge in [0.2, 0.25) is 0 Å². The summed E-state index contributed by atoms with van der Waals surface area (Å²) in [5.74, 6) is 1.11. The molecule has 0 aromatic carbocycles. The van der Waals surface area contributed by atoms with Crippen LogP contribution in [0.25, 0.3) is 0 Å². The van der Waals surface area contributed by atoms with E-state index >= 15 is 0 Å². The van der Waals surface area contributed by atoms with Gasteiger partial charge < -0.3 is 15.1 Å². The zero-order chi connectivity index (χ0) is 15.2. The van der Waals surface area contributed by atoms with Gasteiger partial charge in [0, 0.05) is 39.3 Å². The van der Waals surface area contributed by atoms with E-state index in [2.05, 4.69) is 25.0 Å². The highest BCUT2D eigenvalue weighted by Gasteiger charge is 2.29. The molecule has 0 aromatic rings. The van der Waals surface area contributed by atoms with Crippen molar-refractivity contribution in [2.24, 2.45) is 4.99 Å². The quantitative estimate of drug-likeness (QED) is 0.415. The van der Waals surface area contributed by atoms with Crippen LogP contribution >= 0.6 is 24.0 Å². The molecule has 3 aliphatic rings. The van der Waals surface area contributed by atoms with Gasteiger partial charge in [-0.1, -0.05) is 6.42 Å². The van der Waals surface area contributed by atoms with E-state index in [0.717, 1.165) is 38.2 Å². The van der Waals surface area contributed by atoms with Crippen LogP contribution in [0.3, 0.4) is 0 Å². The number of nitrogens with one attached hydrogen (secondary N) is 1. The monoisotopic (exact) mass is 435 g/mol. The molecule has 0 saturated carbocycles. The first-order valence-electron chi connectivity index (χ1n) is 9.29. The normalized spacial score (nSPS) is 27.3. The second-order valence-corrected chi connectivity index (χ2v) is 7.01. The molecule has 134 valence electrons. The van der Waals surface area contributed by atoms with Crippen LogP contribution in [0.1, 0.15) is 38.5 Å². The molecule has 0 spiro atoms. The lowest BCUT2D eigenvalue weighted by Crippen LogP contribution is -2.45. The molecule has 5 nitrogen and oxygen atoms in total. The van der Waals surface area contributed by atoms with Gasteiger partial charge in [0.1, 0.15) is 0 Å². The van der Waals surface area contributed by atoms with E-state index in [1.807, 2.05) is 7.05 Å². The number of nitrogens with zero attached hydrogens (tertiary/aromatic N) is 4. The lowest BCUT2D eigenvalue weighted by atomic mass is 10.1. The van der Waals surface area contributed by atoms with Gasteiger partial charge in [-0.15, -0.1) is 24.0 Å². The van der Waals surface area contributed by atoms with Crippen molar-refractivity contribution in [1.29, 1.82) is 0 Å². The molecule has 1 unspecified atom stereocenters. The van der Waals surface area contributed by atoms with Gasteiger partial charge >= 0.3 is 0 Å². The van der Waals surface area contributed by atoms with Crippen molar-refractivity contribution in [2.45, 2.75) is 44.6 Å². The first kappa shape index (κ1) is 19.2. The number of aliphatic imine (C=N–C) groups is 1. The third kappa shape index (κ3) is 5.46. The molecule has 1 N–H and O–H groups in total. The summed E-state index contributed by atoms with van der Waals surface area (Å²) in [5, 5.41) is 3.58. The smallest absolute Gasteiger partial charge is 0.193 e. The molecule has 1 atom stereocenters. The number of rotatable bonds is 4. The Balaban J connectivity index is 0.00000192. The fourth-order valence-corrected chi connectivity index (χ4v) is 4.18. The minimum Gasteiger partial charge on any atom is -0.355 e. The van der Waals surface area contributed by atoms with E-state index in [0.29, 0.717) is 0 Å². The number of halogens is 1. The summed E-state index contributed by atoms with van der Waals surface area (Å²) >= 11 is 0. The van der Waals surface area contributed by atoms with Crippen LogP contribution in [0.15, 0.2) is 4.99 Å². The summed E-state index contributed by atoms with van der Waals surface area (Å²) in [4.78, 5) is 12.2. The Morgan fingerprint density at radius 3 is 2.39 bits per heavy atom. The molecule has 3 aliphatic heterocycles. The van der Waals surface area contributed by atoms with Gasteiger partial charge in [0.25, 0.3) is 0 Å². The van der Waals surface area contributed by atoms with Crippen LogP contribution in [0, 0.1) is 0 Å². The molecule has 0 aromatic heterocycles. The zero-order valence-corrected chi connectivity index (χ0v) is 17.0. The predicted octanol–water partition coefficient (Wildman–Crippen LogP) is 1.84. The highest BCUT2D eigenvalue weighted by atomic mass is 127. The van der Waals surface area contributed by atoms with Crippen molar-refractivity contribution in [3.8, 4) is 0 Å². The number of hydrogen-bond acceptors (Lipinski definition) is 3. The second-order valence-electron chi connectivity index (χ2n) is 7.01. The summed E-state index contributed by atoms with van der Waals surface area (Å²) in [6, 6.07) is 0.748. The fourth-order valence-electron chi connectivity index (χ4n) is 4.18. The highest BCUT2D eigenvalue weighted by molar-refractivity contribution is 14.0. The molecule has 3 heterocycles. The van der Waals surface area contributed by atoms with Gasteiger partial charge in [-0.2, -0.15) is 0 Å². The summed E-state index contributed by atoms with van der Waals surface area (Å²) in [5.41, 5.74) is 0. The lowest BCUT2D eigenvalue weighted by Gasteiger charge is -2.32. The minimum atomic E-state index is 0. The van der Waals surface area contributed by atoms with Crippen molar-refractivity contribution in [3.63, 3.8) is 0 Å². The summed E-state index contributed by atoms with van der Waals surface area (Å²) < 4.78 is 0. The third-order valence-electron chi connectivity index (χ3n) is 5.49. The molecule has 23 heavy (non-hydrogen) atoms. The Morgan fingerprint density at radius 1 is 1.00 bits per heavy atom. The van der Waals surface area contributed by atoms with Crippen molar-refractivity contribution >= 4 is 29.9 Å². The highest BCUT2D eigenvalue weighted by Crippen LogP contribution is 2.20. The van der Waals surface area contributed by atoms with E-state index < -0.39 is 0 Å². The van der Waals surface area contributed by atoms with Crippen LogP contribution in [0.4, 0.5) is 0 Å². The van der Waals surface area contributed by atoms with Gasteiger partial charge in [-0.25, -0.2) is 0 Å². The van der Waals surface area contributed by atoms with Gasteiger partial charge in [0.15, 0.2) is 5.96 Å². The van der Waals surface area contributed by atoms with E-state index in [-0.39, 0.29) is 24.0 Å². The minimum absolute atomic E-state index is 0. The third-order valence-corrected chi connectivity index (χ3v) is 5.49. The van der Waals surface area contributed by atoms with E-state index in [1.165, 1.54) is 64.7 Å². The largest absolute Gasteiger partial charge is 0.355 e. The number of piperidine rings is 1. The lowest BCUT2D eigenvalue weighted by molar-refractivity contribution is 0.168. The van der Waals surface area contributed by atoms with E-state index in [1.54, 1.807) is 0 Å². The zero-order valence-electron chi connectivity index (χ0n) is 14.7. The Labute approximate surface area is 158 Å². The Bertz CT molecular complexity index is 364. The van der Waals surface area contributed by atoms with Gasteiger partial charge in [-0.05, 0) is 58.3 Å². The average Bonchev–Trinajstić information content (AvgIpc) is 3.24. The van der Waals surface area contributed by atoms with Crippen LogP contribution in [0.2, 0.25) is 0 Å². The maximum absolute atomic E-state index is 4.51. The van der Waals surface area contributed by atoms with Crippen LogP contribution < -0.4 is 5.32 Å². The van der Waals surface area contributed by atoms with Crippen LogP contribution in [-0.4, -0.2) is 86.1 Å². The molecule has 0 aliphatic carbocycles. The molecule has 6 heteroatoms. The van der Waals surface area contributed by atoms with E-state index in [9.17, 15) is 0 Å². The molecule has 3 fully saturated rings. The number of hydrogen-bond donors (Lipinski definition) is 1. The van der Waals surface area contributed by atoms with Crippen molar-refractivity contribution in [2.75, 3.05) is 59.4 Å². The van der Waals surface area contributed by atoms with Gasteiger partial charge in [0.05, 0.1) is 0 Å². The summed E-state index contributed by atoms with van der Waals surface area (Å²) in [7, 11) is 1.92. The maximum atomic E-state index is 4.51. The first-order valence-corrected chi connectivity index (χ1v) is 9.29. The maximum Gasteiger partial charge on any atom is 0.193 e. The topological polar surface area (TPSA) is 34.1 Å². The van der Waals surface area contributed by atoms with Crippen LogP contribution in [0.5, 0.6) is 0 Å². The molecular weight excluding hydrogens is 401 g/mol. The fraction of sp³-hybridized carbons (Fsp3) is 0.941. The SMILES string of the molecule is CN=C(NCCN1CCCC1)N1CCC(N2CCCCC2)C1.I. The Kier molecular flexibility index (Phi) is 8.40. The molecule has 3 rings (SSSR count). The Hall–Kier alpha value is -0.0800. The first-order chi connectivity index (χ1) is 10.9. The number of guanidine groups is 1. The molecule has 3 saturated heterocycles. The molecular formula is C17H34IN5.